The molecule has 4 nitrogen and oxygen atoms in total. The minimum absolute atomic E-state index is 0.0340. The van der Waals surface area contributed by atoms with Gasteiger partial charge >= 0.3 is 5.97 Å². The summed E-state index contributed by atoms with van der Waals surface area (Å²) in [5.41, 5.74) is 5.84. The molecule has 0 radical (unpaired) electrons. The molecule has 1 atom stereocenters. The summed E-state index contributed by atoms with van der Waals surface area (Å²) >= 11 is 0. The molecule has 0 heterocycles. The highest BCUT2D eigenvalue weighted by atomic mass is 16.4. The van der Waals surface area contributed by atoms with Crippen LogP contribution in [0.4, 0.5) is 0 Å². The molecule has 1 unspecified atom stereocenters. The van der Waals surface area contributed by atoms with Crippen LogP contribution in [0.2, 0.25) is 0 Å². The van der Waals surface area contributed by atoms with Crippen molar-refractivity contribution >= 4 is 11.8 Å². The standard InChI is InChI=1S/C8H11NO3/c9-6(8(11)12)4-5-2-1-3-7(5)10/h2,6H,1,3-4,9H2,(H,11,12). The SMILES string of the molecule is NC(CC1=CCCC1=O)C(=O)O. The fourth-order valence-electron chi connectivity index (χ4n) is 1.17. The number of aliphatic carboxylic acids is 1. The third-order valence-corrected chi connectivity index (χ3v) is 1.88. The lowest BCUT2D eigenvalue weighted by Gasteiger charge is -2.05. The largest absolute Gasteiger partial charge is 0.480 e. The van der Waals surface area contributed by atoms with Gasteiger partial charge in [-0.2, -0.15) is 0 Å². The number of hydrogen-bond acceptors (Lipinski definition) is 3. The Morgan fingerprint density at radius 1 is 1.75 bits per heavy atom. The van der Waals surface area contributed by atoms with E-state index >= 15 is 0 Å². The smallest absolute Gasteiger partial charge is 0.320 e. The van der Waals surface area contributed by atoms with E-state index in [1.165, 1.54) is 0 Å². The number of ketones is 1. The number of carboxylic acid groups (broad SMARTS) is 1. The molecule has 0 fully saturated rings. The zero-order valence-corrected chi connectivity index (χ0v) is 6.62. The van der Waals surface area contributed by atoms with E-state index in [1.54, 1.807) is 6.08 Å². The van der Waals surface area contributed by atoms with Gasteiger partial charge < -0.3 is 10.8 Å². The lowest BCUT2D eigenvalue weighted by molar-refractivity contribution is -0.138. The summed E-state index contributed by atoms with van der Waals surface area (Å²) in [4.78, 5) is 21.3. The molecular formula is C8H11NO3. The van der Waals surface area contributed by atoms with Crippen LogP contribution in [0.15, 0.2) is 11.6 Å². The van der Waals surface area contributed by atoms with Gasteiger partial charge in [0.05, 0.1) is 0 Å². The van der Waals surface area contributed by atoms with Crippen molar-refractivity contribution in [1.82, 2.24) is 0 Å². The fourth-order valence-corrected chi connectivity index (χ4v) is 1.17. The third kappa shape index (κ3) is 1.92. The van der Waals surface area contributed by atoms with Crippen molar-refractivity contribution in [3.8, 4) is 0 Å². The zero-order valence-electron chi connectivity index (χ0n) is 6.62. The lowest BCUT2D eigenvalue weighted by atomic mass is 10.1. The molecule has 0 aromatic heterocycles. The normalized spacial score (nSPS) is 19.1. The molecule has 0 amide bonds. The Hall–Kier alpha value is -1.16. The summed E-state index contributed by atoms with van der Waals surface area (Å²) in [6.07, 6.45) is 3.15. The first-order valence-electron chi connectivity index (χ1n) is 3.82. The first-order valence-corrected chi connectivity index (χ1v) is 3.82. The number of nitrogens with two attached hydrogens (primary N) is 1. The molecule has 66 valence electrons. The van der Waals surface area contributed by atoms with Crippen molar-refractivity contribution in [1.29, 1.82) is 0 Å². The van der Waals surface area contributed by atoms with Crippen molar-refractivity contribution in [2.45, 2.75) is 25.3 Å². The second-order valence-corrected chi connectivity index (χ2v) is 2.84. The van der Waals surface area contributed by atoms with Gasteiger partial charge in [-0.1, -0.05) is 6.08 Å². The van der Waals surface area contributed by atoms with E-state index in [9.17, 15) is 9.59 Å². The van der Waals surface area contributed by atoms with Crippen molar-refractivity contribution in [3.05, 3.63) is 11.6 Å². The van der Waals surface area contributed by atoms with Gasteiger partial charge in [-0.15, -0.1) is 0 Å². The molecule has 0 spiro atoms. The molecule has 0 aliphatic heterocycles. The van der Waals surface area contributed by atoms with Crippen molar-refractivity contribution in [2.75, 3.05) is 0 Å². The third-order valence-electron chi connectivity index (χ3n) is 1.88. The maximum absolute atomic E-state index is 11.0. The molecular weight excluding hydrogens is 158 g/mol. The summed E-state index contributed by atoms with van der Waals surface area (Å²) in [6.45, 7) is 0. The van der Waals surface area contributed by atoms with Crippen LogP contribution in [0.1, 0.15) is 19.3 Å². The summed E-state index contributed by atoms with van der Waals surface area (Å²) in [7, 11) is 0. The zero-order chi connectivity index (χ0) is 9.14. The van der Waals surface area contributed by atoms with Crippen LogP contribution in [0.3, 0.4) is 0 Å². The molecule has 1 aliphatic carbocycles. The summed E-state index contributed by atoms with van der Waals surface area (Å²) in [6, 6.07) is -0.946. The summed E-state index contributed by atoms with van der Waals surface area (Å²) < 4.78 is 0. The van der Waals surface area contributed by atoms with Crippen LogP contribution in [0.5, 0.6) is 0 Å². The van der Waals surface area contributed by atoms with Crippen LogP contribution in [-0.2, 0) is 9.59 Å². The van der Waals surface area contributed by atoms with Crippen molar-refractivity contribution in [3.63, 3.8) is 0 Å². The Labute approximate surface area is 70.1 Å². The van der Waals surface area contributed by atoms with Crippen molar-refractivity contribution in [2.24, 2.45) is 5.73 Å². The van der Waals surface area contributed by atoms with Gasteiger partial charge in [0.1, 0.15) is 6.04 Å². The number of hydrogen-bond donors (Lipinski definition) is 2. The van der Waals surface area contributed by atoms with Crippen LogP contribution >= 0.6 is 0 Å². The average Bonchev–Trinajstić information content (AvgIpc) is 2.36. The Morgan fingerprint density at radius 2 is 2.42 bits per heavy atom. The maximum atomic E-state index is 11.0. The van der Waals surface area contributed by atoms with Crippen LogP contribution in [0, 0.1) is 0 Å². The van der Waals surface area contributed by atoms with Gasteiger partial charge in [0.15, 0.2) is 5.78 Å². The first-order chi connectivity index (χ1) is 5.61. The molecule has 1 aliphatic rings. The van der Waals surface area contributed by atoms with Crippen LogP contribution in [0.25, 0.3) is 0 Å². The van der Waals surface area contributed by atoms with Gasteiger partial charge in [0, 0.05) is 12.8 Å². The number of carbonyl (C=O) groups is 2. The predicted molar refractivity (Wildman–Crippen MR) is 42.6 cm³/mol. The molecule has 0 aromatic rings. The minimum Gasteiger partial charge on any atom is -0.480 e. The Balaban J connectivity index is 2.51. The van der Waals surface area contributed by atoms with E-state index in [-0.39, 0.29) is 12.2 Å². The van der Waals surface area contributed by atoms with E-state index in [2.05, 4.69) is 0 Å². The number of rotatable bonds is 3. The highest BCUT2D eigenvalue weighted by molar-refractivity contribution is 5.98. The maximum Gasteiger partial charge on any atom is 0.320 e. The van der Waals surface area contributed by atoms with Crippen LogP contribution < -0.4 is 5.73 Å². The highest BCUT2D eigenvalue weighted by Gasteiger charge is 2.20. The average molecular weight is 169 g/mol. The Bertz CT molecular complexity index is 245. The van der Waals surface area contributed by atoms with Gasteiger partial charge in [-0.25, -0.2) is 0 Å². The Kier molecular flexibility index (Phi) is 2.60. The predicted octanol–water partition coefficient (Wildman–Crippen LogP) is 0.0777. The van der Waals surface area contributed by atoms with Gasteiger partial charge in [-0.05, 0) is 12.0 Å². The fraction of sp³-hybridized carbons (Fsp3) is 0.500. The van der Waals surface area contributed by atoms with E-state index in [1.807, 2.05) is 0 Å². The first kappa shape index (κ1) is 8.93. The summed E-state index contributed by atoms with van der Waals surface area (Å²) in [5, 5.41) is 8.47. The van der Waals surface area contributed by atoms with Gasteiger partial charge in [0.25, 0.3) is 0 Å². The number of allylic oxidation sites excluding steroid dienone is 1. The number of carboxylic acids is 1. The second-order valence-electron chi connectivity index (χ2n) is 2.84. The molecule has 3 N–H and O–H groups in total. The molecule has 4 heteroatoms. The van der Waals surface area contributed by atoms with E-state index in [0.29, 0.717) is 12.0 Å². The minimum atomic E-state index is -1.06. The molecule has 12 heavy (non-hydrogen) atoms. The Morgan fingerprint density at radius 3 is 2.83 bits per heavy atom. The van der Waals surface area contributed by atoms with Gasteiger partial charge in [0.2, 0.25) is 0 Å². The molecule has 0 saturated heterocycles. The molecule has 0 aromatic carbocycles. The summed E-state index contributed by atoms with van der Waals surface area (Å²) in [5.74, 6) is -1.03. The quantitative estimate of drug-likeness (QED) is 0.626. The lowest BCUT2D eigenvalue weighted by Crippen LogP contribution is -2.31. The second kappa shape index (κ2) is 3.49. The van der Waals surface area contributed by atoms with Gasteiger partial charge in [-0.3, -0.25) is 9.59 Å². The number of carbonyl (C=O) groups excluding carboxylic acids is 1. The van der Waals surface area contributed by atoms with E-state index in [0.717, 1.165) is 6.42 Å². The molecule has 0 bridgehead atoms. The molecule has 1 rings (SSSR count). The van der Waals surface area contributed by atoms with E-state index in [4.69, 9.17) is 10.8 Å². The highest BCUT2D eigenvalue weighted by Crippen LogP contribution is 2.17. The van der Waals surface area contributed by atoms with Crippen molar-refractivity contribution < 1.29 is 14.7 Å². The topological polar surface area (TPSA) is 80.4 Å². The van der Waals surface area contributed by atoms with E-state index < -0.39 is 12.0 Å². The molecule has 0 saturated carbocycles. The monoisotopic (exact) mass is 169 g/mol. The van der Waals surface area contributed by atoms with Crippen LogP contribution in [-0.4, -0.2) is 22.9 Å². The number of Topliss-reactive ketones (excluding diaryl/α,β-unsaturated/α-hetero) is 1.